The molecule has 1 amide bonds. The molecule has 0 spiro atoms. The summed E-state index contributed by atoms with van der Waals surface area (Å²) in [5.74, 6) is -0.140. The number of thioether (sulfide) groups is 1. The van der Waals surface area contributed by atoms with E-state index in [2.05, 4.69) is 43.3 Å². The number of amides is 1. The van der Waals surface area contributed by atoms with Crippen LogP contribution in [0.5, 0.6) is 0 Å². The van der Waals surface area contributed by atoms with Crippen molar-refractivity contribution in [3.8, 4) is 0 Å². The molecular formula is C20H20N4OS. The summed E-state index contributed by atoms with van der Waals surface area (Å²) in [6.07, 6.45) is 1.55. The van der Waals surface area contributed by atoms with E-state index in [1.165, 1.54) is 17.3 Å². The van der Waals surface area contributed by atoms with Crippen molar-refractivity contribution in [3.05, 3.63) is 69.2 Å². The molecule has 0 aliphatic carbocycles. The zero-order valence-electron chi connectivity index (χ0n) is 15.2. The van der Waals surface area contributed by atoms with Crippen LogP contribution in [0, 0.1) is 20.8 Å². The Hall–Kier alpha value is -2.60. The normalized spacial score (nSPS) is 18.5. The van der Waals surface area contributed by atoms with Crippen molar-refractivity contribution < 1.29 is 4.79 Å². The number of amidine groups is 1. The van der Waals surface area contributed by atoms with Crippen LogP contribution in [-0.2, 0) is 4.79 Å². The van der Waals surface area contributed by atoms with E-state index in [0.29, 0.717) is 10.9 Å². The fourth-order valence-corrected chi connectivity index (χ4v) is 4.07. The Morgan fingerprint density at radius 2 is 1.81 bits per heavy atom. The summed E-state index contributed by atoms with van der Waals surface area (Å²) in [4.78, 5) is 17.8. The first-order valence-electron chi connectivity index (χ1n) is 8.47. The molecule has 26 heavy (non-hydrogen) atoms. The predicted octanol–water partition coefficient (Wildman–Crippen LogP) is 2.12. The molecule has 0 saturated carbocycles. The van der Waals surface area contributed by atoms with Crippen molar-refractivity contribution in [1.29, 1.82) is 0 Å². The fraction of sp³-hybridized carbons (Fsp3) is 0.250. The molecule has 0 unspecified atom stereocenters. The second-order valence-corrected chi connectivity index (χ2v) is 7.38. The van der Waals surface area contributed by atoms with Gasteiger partial charge in [-0.2, -0.15) is 0 Å². The second kappa shape index (κ2) is 6.29. The Balaban J connectivity index is 2.03. The maximum atomic E-state index is 12.8. The fourth-order valence-electron chi connectivity index (χ4n) is 3.71. The minimum atomic E-state index is -0.353. The summed E-state index contributed by atoms with van der Waals surface area (Å²) >= 11 is 1.42. The number of carbonyl (C=O) groups excluding carboxylic acids is 1. The number of nitrogens with zero attached hydrogens (tertiary/aromatic N) is 3. The number of hydrogen-bond donors (Lipinski definition) is 1. The minimum Gasteiger partial charge on any atom is -0.298 e. The molecule has 1 N–H and O–H groups in total. The topological polar surface area (TPSA) is 57.1 Å². The van der Waals surface area contributed by atoms with Gasteiger partial charge >= 0.3 is 0 Å². The van der Waals surface area contributed by atoms with Crippen LogP contribution >= 0.6 is 11.8 Å². The lowest BCUT2D eigenvalue weighted by molar-refractivity contribution is -0.116. The van der Waals surface area contributed by atoms with E-state index in [1.807, 2.05) is 30.5 Å². The van der Waals surface area contributed by atoms with Gasteiger partial charge in [-0.1, -0.05) is 47.7 Å². The van der Waals surface area contributed by atoms with Gasteiger partial charge in [-0.25, -0.2) is 5.01 Å². The third-order valence-corrected chi connectivity index (χ3v) is 5.28. The highest BCUT2D eigenvalue weighted by Gasteiger charge is 2.35. The van der Waals surface area contributed by atoms with Crippen LogP contribution in [0.1, 0.15) is 28.4 Å². The number of fused-ring (bicyclic) bond motifs is 2. The van der Waals surface area contributed by atoms with Crippen LogP contribution in [0.25, 0.3) is 5.70 Å². The third-order valence-electron chi connectivity index (χ3n) is 4.70. The summed E-state index contributed by atoms with van der Waals surface area (Å²) in [5.41, 5.74) is 5.18. The van der Waals surface area contributed by atoms with Crippen molar-refractivity contribution in [3.63, 3.8) is 0 Å². The largest absolute Gasteiger partial charge is 0.298 e. The third kappa shape index (κ3) is 2.61. The molecule has 0 radical (unpaired) electrons. The molecule has 1 atom stereocenters. The Kier molecular flexibility index (Phi) is 4.07. The molecule has 4 rings (SSSR count). The number of rotatable bonds is 1. The van der Waals surface area contributed by atoms with Gasteiger partial charge in [0.25, 0.3) is 5.91 Å². The van der Waals surface area contributed by atoms with Crippen molar-refractivity contribution >= 4 is 28.5 Å². The van der Waals surface area contributed by atoms with Gasteiger partial charge in [-0.05, 0) is 44.2 Å². The zero-order chi connectivity index (χ0) is 18.4. The Bertz CT molecular complexity index is 1050. The molecule has 2 aliphatic heterocycles. The molecule has 5 nitrogen and oxygen atoms in total. The van der Waals surface area contributed by atoms with Crippen molar-refractivity contribution in [2.75, 3.05) is 6.26 Å². The molecule has 2 aromatic carbocycles. The predicted molar refractivity (Wildman–Crippen MR) is 105 cm³/mol. The molecule has 0 aromatic heterocycles. The van der Waals surface area contributed by atoms with E-state index in [4.69, 9.17) is 4.99 Å². The number of aryl methyl sites for hydroxylation is 3. The van der Waals surface area contributed by atoms with Crippen LogP contribution in [-0.4, -0.2) is 22.3 Å². The molecule has 2 heterocycles. The van der Waals surface area contributed by atoms with Gasteiger partial charge < -0.3 is 0 Å². The number of benzene rings is 2. The lowest BCUT2D eigenvalue weighted by Gasteiger charge is -2.35. The highest BCUT2D eigenvalue weighted by atomic mass is 32.2. The molecule has 2 aromatic rings. The SMILES string of the molecule is CSC1=NN2C(=c3ccccc3=N[C@H]2c2c(C)cc(C)cc2C)C(=O)N1. The van der Waals surface area contributed by atoms with Gasteiger partial charge in [0.2, 0.25) is 0 Å². The van der Waals surface area contributed by atoms with E-state index in [0.717, 1.165) is 27.3 Å². The van der Waals surface area contributed by atoms with Gasteiger partial charge in [-0.3, -0.25) is 15.1 Å². The maximum absolute atomic E-state index is 12.8. The average molecular weight is 364 g/mol. The lowest BCUT2D eigenvalue weighted by atomic mass is 9.96. The van der Waals surface area contributed by atoms with Gasteiger partial charge in [0.15, 0.2) is 11.3 Å². The molecule has 6 heteroatoms. The van der Waals surface area contributed by atoms with Crippen molar-refractivity contribution in [1.82, 2.24) is 10.3 Å². The van der Waals surface area contributed by atoms with Crippen LogP contribution in [0.4, 0.5) is 0 Å². The quantitative estimate of drug-likeness (QED) is 0.843. The highest BCUT2D eigenvalue weighted by molar-refractivity contribution is 8.13. The summed E-state index contributed by atoms with van der Waals surface area (Å²) in [5, 5.41) is 11.5. The van der Waals surface area contributed by atoms with Crippen LogP contribution < -0.4 is 15.9 Å². The van der Waals surface area contributed by atoms with Crippen LogP contribution in [0.15, 0.2) is 46.5 Å². The molecule has 0 bridgehead atoms. The smallest absolute Gasteiger partial charge is 0.276 e. The van der Waals surface area contributed by atoms with E-state index in [1.54, 1.807) is 5.01 Å². The van der Waals surface area contributed by atoms with E-state index >= 15 is 0 Å². The number of para-hydroxylation sites is 1. The van der Waals surface area contributed by atoms with Gasteiger partial charge in [0, 0.05) is 10.8 Å². The molecule has 0 fully saturated rings. The number of carbonyl (C=O) groups is 1. The lowest BCUT2D eigenvalue weighted by Crippen LogP contribution is -2.50. The average Bonchev–Trinajstić information content (AvgIpc) is 2.60. The van der Waals surface area contributed by atoms with E-state index in [9.17, 15) is 4.79 Å². The second-order valence-electron chi connectivity index (χ2n) is 6.59. The molecule has 2 aliphatic rings. The summed E-state index contributed by atoms with van der Waals surface area (Å²) in [6, 6.07) is 12.0. The van der Waals surface area contributed by atoms with Crippen molar-refractivity contribution in [2.24, 2.45) is 10.1 Å². The molecular weight excluding hydrogens is 344 g/mol. The van der Waals surface area contributed by atoms with Crippen LogP contribution in [0.3, 0.4) is 0 Å². The van der Waals surface area contributed by atoms with Crippen LogP contribution in [0.2, 0.25) is 0 Å². The van der Waals surface area contributed by atoms with Gasteiger partial charge in [0.1, 0.15) is 5.70 Å². The Morgan fingerprint density at radius 3 is 2.50 bits per heavy atom. The standard InChI is InChI=1S/C20H20N4OS/c1-11-9-12(2)16(13(3)10-11)18-21-15-8-6-5-7-14(15)17-19(25)22-20(26-4)23-24(17)18/h5-10,18H,1-4H3,(H,22,23,25)/t18-/m1/s1. The Labute approximate surface area is 156 Å². The van der Waals surface area contributed by atoms with Gasteiger partial charge in [0.05, 0.1) is 5.36 Å². The Morgan fingerprint density at radius 1 is 1.12 bits per heavy atom. The summed E-state index contributed by atoms with van der Waals surface area (Å²) in [6.45, 7) is 6.27. The van der Waals surface area contributed by atoms with E-state index < -0.39 is 0 Å². The minimum absolute atomic E-state index is 0.140. The number of hydrazone groups is 1. The highest BCUT2D eigenvalue weighted by Crippen LogP contribution is 2.34. The number of nitrogens with one attached hydrogen (secondary N) is 1. The van der Waals surface area contributed by atoms with Gasteiger partial charge in [-0.15, -0.1) is 5.10 Å². The van der Waals surface area contributed by atoms with Crippen molar-refractivity contribution in [2.45, 2.75) is 26.9 Å². The zero-order valence-corrected chi connectivity index (χ0v) is 16.0. The molecule has 0 saturated heterocycles. The maximum Gasteiger partial charge on any atom is 0.276 e. The first-order valence-corrected chi connectivity index (χ1v) is 9.70. The molecule has 132 valence electrons. The first kappa shape index (κ1) is 16.8. The first-order chi connectivity index (χ1) is 12.5. The summed E-state index contributed by atoms with van der Waals surface area (Å²) in [7, 11) is 0. The van der Waals surface area contributed by atoms with E-state index in [-0.39, 0.29) is 12.1 Å². The monoisotopic (exact) mass is 364 g/mol. The number of hydrogen-bond acceptors (Lipinski definition) is 5. The summed E-state index contributed by atoms with van der Waals surface area (Å²) < 4.78 is 0.